The van der Waals surface area contributed by atoms with Crippen LogP contribution in [0.4, 0.5) is 5.69 Å². The van der Waals surface area contributed by atoms with Gasteiger partial charge in [-0.05, 0) is 25.8 Å². The first kappa shape index (κ1) is 13.4. The second-order valence-electron chi connectivity index (χ2n) is 4.01. The fourth-order valence-electron chi connectivity index (χ4n) is 1.38. The van der Waals surface area contributed by atoms with E-state index in [0.717, 1.165) is 12.8 Å². The number of amides is 1. The minimum atomic E-state index is -0.0161. The van der Waals surface area contributed by atoms with Crippen LogP contribution in [-0.2, 0) is 4.79 Å². The number of pyridine rings is 1. The fraction of sp³-hybridized carbons (Fsp3) is 0.500. The van der Waals surface area contributed by atoms with Gasteiger partial charge in [-0.3, -0.25) is 4.79 Å². The third-order valence-corrected chi connectivity index (χ3v) is 2.29. The van der Waals surface area contributed by atoms with E-state index in [-0.39, 0.29) is 11.9 Å². The molecule has 0 saturated heterocycles. The molecule has 0 bridgehead atoms. The summed E-state index contributed by atoms with van der Waals surface area (Å²) in [5.74, 6) is 0.512. The number of methoxy groups -OCH3 is 1. The van der Waals surface area contributed by atoms with Crippen molar-refractivity contribution < 1.29 is 9.53 Å². The van der Waals surface area contributed by atoms with E-state index in [1.807, 2.05) is 6.92 Å². The molecule has 1 aromatic rings. The van der Waals surface area contributed by atoms with Crippen LogP contribution in [0, 0.1) is 0 Å². The number of aromatic nitrogens is 1. The number of hydrogen-bond acceptors (Lipinski definition) is 4. The first-order valence-corrected chi connectivity index (χ1v) is 5.67. The van der Waals surface area contributed by atoms with Crippen LogP contribution in [0.3, 0.4) is 0 Å². The molecule has 1 amide bonds. The normalized spacial score (nSPS) is 11.9. The van der Waals surface area contributed by atoms with E-state index in [1.165, 1.54) is 0 Å². The molecule has 0 aromatic carbocycles. The molecule has 1 heterocycles. The van der Waals surface area contributed by atoms with Gasteiger partial charge in [-0.1, -0.05) is 0 Å². The Morgan fingerprint density at radius 2 is 2.35 bits per heavy atom. The smallest absolute Gasteiger partial charge is 0.224 e. The Kier molecular flexibility index (Phi) is 5.42. The summed E-state index contributed by atoms with van der Waals surface area (Å²) in [5.41, 5.74) is 6.28. The van der Waals surface area contributed by atoms with Crippen LogP contribution in [-0.4, -0.2) is 24.0 Å². The van der Waals surface area contributed by atoms with E-state index >= 15 is 0 Å². The third kappa shape index (κ3) is 5.31. The van der Waals surface area contributed by atoms with Crippen LogP contribution in [0.2, 0.25) is 0 Å². The summed E-state index contributed by atoms with van der Waals surface area (Å²) >= 11 is 0. The lowest BCUT2D eigenvalue weighted by molar-refractivity contribution is -0.116. The summed E-state index contributed by atoms with van der Waals surface area (Å²) in [5, 5.41) is 2.77. The highest BCUT2D eigenvalue weighted by Gasteiger charge is 2.03. The number of carbonyl (C=O) groups excluding carboxylic acids is 1. The average Bonchev–Trinajstić information content (AvgIpc) is 2.29. The topological polar surface area (TPSA) is 77.2 Å². The number of nitrogens with two attached hydrogens (primary N) is 1. The maximum Gasteiger partial charge on any atom is 0.224 e. The van der Waals surface area contributed by atoms with Gasteiger partial charge < -0.3 is 15.8 Å². The van der Waals surface area contributed by atoms with Crippen molar-refractivity contribution in [3.63, 3.8) is 0 Å². The molecule has 3 N–H and O–H groups in total. The zero-order valence-corrected chi connectivity index (χ0v) is 10.3. The predicted octanol–water partition coefficient (Wildman–Crippen LogP) is 1.55. The van der Waals surface area contributed by atoms with Crippen molar-refractivity contribution >= 4 is 11.6 Å². The molecule has 1 aromatic heterocycles. The van der Waals surface area contributed by atoms with Gasteiger partial charge in [-0.15, -0.1) is 0 Å². The lowest BCUT2D eigenvalue weighted by Crippen LogP contribution is -2.16. The van der Waals surface area contributed by atoms with Crippen molar-refractivity contribution in [2.75, 3.05) is 12.4 Å². The molecule has 0 fully saturated rings. The SMILES string of the molecule is COc1ccc(NC(=O)CCCC(C)N)cn1. The lowest BCUT2D eigenvalue weighted by atomic mass is 10.1. The maximum atomic E-state index is 11.5. The molecule has 0 saturated carbocycles. The predicted molar refractivity (Wildman–Crippen MR) is 66.9 cm³/mol. The van der Waals surface area contributed by atoms with E-state index in [4.69, 9.17) is 10.5 Å². The van der Waals surface area contributed by atoms with Gasteiger partial charge >= 0.3 is 0 Å². The van der Waals surface area contributed by atoms with Crippen LogP contribution in [0.25, 0.3) is 0 Å². The first-order valence-electron chi connectivity index (χ1n) is 5.67. The second-order valence-corrected chi connectivity index (χ2v) is 4.01. The summed E-state index contributed by atoms with van der Waals surface area (Å²) in [6.07, 6.45) is 3.71. The Labute approximate surface area is 101 Å². The summed E-state index contributed by atoms with van der Waals surface area (Å²) in [6.45, 7) is 1.94. The van der Waals surface area contributed by atoms with Crippen LogP contribution >= 0.6 is 0 Å². The molecule has 94 valence electrons. The third-order valence-electron chi connectivity index (χ3n) is 2.29. The monoisotopic (exact) mass is 237 g/mol. The first-order chi connectivity index (χ1) is 8.11. The molecule has 17 heavy (non-hydrogen) atoms. The molecule has 0 aliphatic carbocycles. The van der Waals surface area contributed by atoms with E-state index in [2.05, 4.69) is 10.3 Å². The molecule has 0 aliphatic heterocycles. The number of ether oxygens (including phenoxy) is 1. The highest BCUT2D eigenvalue weighted by molar-refractivity contribution is 5.90. The number of nitrogens with one attached hydrogen (secondary N) is 1. The summed E-state index contributed by atoms with van der Waals surface area (Å²) in [6, 6.07) is 3.61. The number of rotatable bonds is 6. The fourth-order valence-corrected chi connectivity index (χ4v) is 1.38. The van der Waals surface area contributed by atoms with Crippen molar-refractivity contribution in [1.82, 2.24) is 4.98 Å². The van der Waals surface area contributed by atoms with E-state index < -0.39 is 0 Å². The Balaban J connectivity index is 2.34. The van der Waals surface area contributed by atoms with Crippen LogP contribution in [0.1, 0.15) is 26.2 Å². The van der Waals surface area contributed by atoms with E-state index in [9.17, 15) is 4.79 Å². The molecule has 5 heteroatoms. The summed E-state index contributed by atoms with van der Waals surface area (Å²) in [7, 11) is 1.55. The standard InChI is InChI=1S/C12H19N3O2/c1-9(13)4-3-5-11(16)15-10-6-7-12(17-2)14-8-10/h6-9H,3-5,13H2,1-2H3,(H,15,16). The summed E-state index contributed by atoms with van der Waals surface area (Å²) in [4.78, 5) is 15.5. The molecule has 5 nitrogen and oxygen atoms in total. The number of carbonyl (C=O) groups is 1. The van der Waals surface area contributed by atoms with Crippen molar-refractivity contribution in [3.05, 3.63) is 18.3 Å². The van der Waals surface area contributed by atoms with Crippen LogP contribution < -0.4 is 15.8 Å². The molecule has 1 atom stereocenters. The van der Waals surface area contributed by atoms with Gasteiger partial charge in [0.05, 0.1) is 19.0 Å². The molecule has 1 rings (SSSR count). The number of anilines is 1. The van der Waals surface area contributed by atoms with Crippen molar-refractivity contribution in [2.24, 2.45) is 5.73 Å². The Morgan fingerprint density at radius 3 is 2.88 bits per heavy atom. The van der Waals surface area contributed by atoms with Gasteiger partial charge in [0.25, 0.3) is 0 Å². The Bertz CT molecular complexity index is 349. The lowest BCUT2D eigenvalue weighted by Gasteiger charge is -2.06. The van der Waals surface area contributed by atoms with Gasteiger partial charge in [0, 0.05) is 18.5 Å². The minimum absolute atomic E-state index is 0.0161. The maximum absolute atomic E-state index is 11.5. The van der Waals surface area contributed by atoms with Gasteiger partial charge in [-0.25, -0.2) is 4.98 Å². The Morgan fingerprint density at radius 1 is 1.59 bits per heavy atom. The number of hydrogen-bond donors (Lipinski definition) is 2. The van der Waals surface area contributed by atoms with Gasteiger partial charge in [0.15, 0.2) is 0 Å². The van der Waals surface area contributed by atoms with Crippen molar-refractivity contribution in [1.29, 1.82) is 0 Å². The van der Waals surface area contributed by atoms with Crippen molar-refractivity contribution in [2.45, 2.75) is 32.2 Å². The van der Waals surface area contributed by atoms with E-state index in [1.54, 1.807) is 25.4 Å². The van der Waals surface area contributed by atoms with Gasteiger partial charge in [-0.2, -0.15) is 0 Å². The Hall–Kier alpha value is -1.62. The largest absolute Gasteiger partial charge is 0.481 e. The molecular weight excluding hydrogens is 218 g/mol. The van der Waals surface area contributed by atoms with Crippen LogP contribution in [0.5, 0.6) is 5.88 Å². The molecule has 0 aliphatic rings. The van der Waals surface area contributed by atoms with Crippen molar-refractivity contribution in [3.8, 4) is 5.88 Å². The molecular formula is C12H19N3O2. The number of nitrogens with zero attached hydrogens (tertiary/aromatic N) is 1. The van der Waals surface area contributed by atoms with Gasteiger partial charge in [0.2, 0.25) is 11.8 Å². The van der Waals surface area contributed by atoms with Crippen LogP contribution in [0.15, 0.2) is 18.3 Å². The second kappa shape index (κ2) is 6.85. The average molecular weight is 237 g/mol. The van der Waals surface area contributed by atoms with Gasteiger partial charge in [0.1, 0.15) is 0 Å². The van der Waals surface area contributed by atoms with E-state index in [0.29, 0.717) is 18.0 Å². The highest BCUT2D eigenvalue weighted by atomic mass is 16.5. The molecule has 0 radical (unpaired) electrons. The molecule has 0 spiro atoms. The summed E-state index contributed by atoms with van der Waals surface area (Å²) < 4.78 is 4.93. The highest BCUT2D eigenvalue weighted by Crippen LogP contribution is 2.11. The zero-order valence-electron chi connectivity index (χ0n) is 10.3. The quantitative estimate of drug-likeness (QED) is 0.787. The minimum Gasteiger partial charge on any atom is -0.481 e. The zero-order chi connectivity index (χ0) is 12.7. The molecule has 1 unspecified atom stereocenters.